The number of carbonyl (C=O) groups is 1. The number of nitrogens with one attached hydrogen (secondary N) is 1. The van der Waals surface area contributed by atoms with Gasteiger partial charge in [-0.25, -0.2) is 0 Å². The molecule has 1 N–H and O–H groups in total. The Bertz CT molecular complexity index is 935. The molecule has 0 bridgehead atoms. The average Bonchev–Trinajstić information content (AvgIpc) is 3.06. The molecule has 28 heavy (non-hydrogen) atoms. The van der Waals surface area contributed by atoms with Crippen LogP contribution in [0.4, 0.5) is 5.69 Å². The van der Waals surface area contributed by atoms with Gasteiger partial charge in [-0.05, 0) is 43.1 Å². The first-order valence-electron chi connectivity index (χ1n) is 9.90. The number of rotatable bonds is 6. The number of aromatic nitrogens is 1. The highest BCUT2D eigenvalue weighted by molar-refractivity contribution is 5.85. The van der Waals surface area contributed by atoms with Crippen molar-refractivity contribution < 1.29 is 9.53 Å². The van der Waals surface area contributed by atoms with E-state index in [0.29, 0.717) is 6.04 Å². The fraction of sp³-hybridized carbons (Fsp3) is 0.348. The zero-order chi connectivity index (χ0) is 19.3. The van der Waals surface area contributed by atoms with Crippen LogP contribution in [0.5, 0.6) is 0 Å². The molecule has 4 rings (SSSR count). The van der Waals surface area contributed by atoms with Crippen molar-refractivity contribution in [2.45, 2.75) is 32.0 Å². The van der Waals surface area contributed by atoms with Crippen molar-refractivity contribution in [1.82, 2.24) is 9.47 Å². The molecule has 0 aliphatic carbocycles. The lowest BCUT2D eigenvalue weighted by atomic mass is 10.0. The molecule has 5 heteroatoms. The minimum atomic E-state index is -0.225. The Hall–Kier alpha value is -2.79. The number of benzene rings is 2. The number of likely N-dealkylation sites (tertiary alicyclic amines) is 1. The first kappa shape index (κ1) is 18.6. The molecule has 2 aromatic carbocycles. The van der Waals surface area contributed by atoms with E-state index in [1.54, 1.807) is 0 Å². The number of para-hydroxylation sites is 2. The summed E-state index contributed by atoms with van der Waals surface area (Å²) in [4.78, 5) is 14.3. The van der Waals surface area contributed by atoms with Gasteiger partial charge in [-0.1, -0.05) is 36.4 Å². The van der Waals surface area contributed by atoms with Gasteiger partial charge in [0, 0.05) is 41.9 Å². The minimum Gasteiger partial charge on any atom is -0.468 e. The van der Waals surface area contributed by atoms with Gasteiger partial charge in [0.15, 0.2) is 0 Å². The summed E-state index contributed by atoms with van der Waals surface area (Å²) in [5.74, 6) is -0.225. The molecule has 1 aromatic heterocycles. The fourth-order valence-corrected chi connectivity index (χ4v) is 4.11. The van der Waals surface area contributed by atoms with E-state index < -0.39 is 0 Å². The van der Waals surface area contributed by atoms with Crippen molar-refractivity contribution in [2.75, 3.05) is 25.5 Å². The SMILES string of the molecule is COC(=O)Cn1cc(CN2CCCC(Nc3ccccc3)C2)c2ccccc21. The maximum absolute atomic E-state index is 11.8. The highest BCUT2D eigenvalue weighted by atomic mass is 16.5. The Morgan fingerprint density at radius 1 is 1.14 bits per heavy atom. The van der Waals surface area contributed by atoms with Crippen molar-refractivity contribution in [2.24, 2.45) is 0 Å². The van der Waals surface area contributed by atoms with Gasteiger partial charge in [0.2, 0.25) is 0 Å². The van der Waals surface area contributed by atoms with E-state index in [1.807, 2.05) is 16.7 Å². The van der Waals surface area contributed by atoms with Gasteiger partial charge in [0.25, 0.3) is 0 Å². The monoisotopic (exact) mass is 377 g/mol. The number of esters is 1. The van der Waals surface area contributed by atoms with Crippen LogP contribution >= 0.6 is 0 Å². The van der Waals surface area contributed by atoms with Crippen LogP contribution in [0.15, 0.2) is 60.8 Å². The summed E-state index contributed by atoms with van der Waals surface area (Å²) in [6.45, 7) is 3.26. The van der Waals surface area contributed by atoms with E-state index in [2.05, 4.69) is 58.9 Å². The Labute approximate surface area is 165 Å². The molecule has 0 amide bonds. The third-order valence-corrected chi connectivity index (χ3v) is 5.44. The maximum atomic E-state index is 11.8. The number of piperidine rings is 1. The summed E-state index contributed by atoms with van der Waals surface area (Å²) in [6, 6.07) is 19.2. The van der Waals surface area contributed by atoms with E-state index in [9.17, 15) is 4.79 Å². The largest absolute Gasteiger partial charge is 0.468 e. The second-order valence-corrected chi connectivity index (χ2v) is 7.46. The predicted molar refractivity (Wildman–Crippen MR) is 112 cm³/mol. The van der Waals surface area contributed by atoms with Crippen LogP contribution < -0.4 is 5.32 Å². The van der Waals surface area contributed by atoms with Crippen molar-refractivity contribution >= 4 is 22.6 Å². The molecule has 1 aliphatic heterocycles. The highest BCUT2D eigenvalue weighted by Gasteiger charge is 2.21. The molecule has 2 heterocycles. The zero-order valence-corrected chi connectivity index (χ0v) is 16.3. The van der Waals surface area contributed by atoms with Gasteiger partial charge in [-0.2, -0.15) is 0 Å². The van der Waals surface area contributed by atoms with Gasteiger partial charge >= 0.3 is 5.97 Å². The van der Waals surface area contributed by atoms with Gasteiger partial charge < -0.3 is 14.6 Å². The first-order chi connectivity index (χ1) is 13.7. The summed E-state index contributed by atoms with van der Waals surface area (Å²) in [5.41, 5.74) is 3.53. The van der Waals surface area contributed by atoms with E-state index in [0.717, 1.165) is 25.2 Å². The Morgan fingerprint density at radius 2 is 1.93 bits per heavy atom. The first-order valence-corrected chi connectivity index (χ1v) is 9.90. The standard InChI is InChI=1S/C23H27N3O2/c1-28-23(27)17-26-15-18(21-11-5-6-12-22(21)26)14-25-13-7-10-20(16-25)24-19-8-3-2-4-9-19/h2-6,8-9,11-12,15,20,24H,7,10,13-14,16-17H2,1H3. The molecule has 1 atom stereocenters. The zero-order valence-electron chi connectivity index (χ0n) is 16.3. The normalized spacial score (nSPS) is 17.5. The number of hydrogen-bond donors (Lipinski definition) is 1. The summed E-state index contributed by atoms with van der Waals surface area (Å²) in [7, 11) is 1.43. The van der Waals surface area contributed by atoms with Crippen LogP contribution in [0, 0.1) is 0 Å². The lowest BCUT2D eigenvalue weighted by Crippen LogP contribution is -2.41. The van der Waals surface area contributed by atoms with Crippen LogP contribution in [-0.2, 0) is 22.6 Å². The van der Waals surface area contributed by atoms with Crippen molar-refractivity contribution in [3.63, 3.8) is 0 Å². The lowest BCUT2D eigenvalue weighted by molar-refractivity contribution is -0.141. The van der Waals surface area contributed by atoms with Crippen LogP contribution in [0.2, 0.25) is 0 Å². The number of nitrogens with zero attached hydrogens (tertiary/aromatic N) is 2. The van der Waals surface area contributed by atoms with Crippen LogP contribution in [0.25, 0.3) is 10.9 Å². The van der Waals surface area contributed by atoms with E-state index >= 15 is 0 Å². The molecule has 3 aromatic rings. The smallest absolute Gasteiger partial charge is 0.325 e. The molecule has 1 fully saturated rings. The van der Waals surface area contributed by atoms with E-state index in [-0.39, 0.29) is 12.5 Å². The van der Waals surface area contributed by atoms with Crippen LogP contribution in [0.1, 0.15) is 18.4 Å². The number of fused-ring (bicyclic) bond motifs is 1. The second kappa shape index (κ2) is 8.48. The van der Waals surface area contributed by atoms with Gasteiger partial charge in [0.1, 0.15) is 6.54 Å². The summed E-state index contributed by atoms with van der Waals surface area (Å²) >= 11 is 0. The Morgan fingerprint density at radius 3 is 2.75 bits per heavy atom. The molecule has 1 aliphatic rings. The average molecular weight is 377 g/mol. The number of carbonyl (C=O) groups excluding carboxylic acids is 1. The molecule has 0 spiro atoms. The summed E-state index contributed by atoms with van der Waals surface area (Å²) in [5, 5.41) is 4.88. The maximum Gasteiger partial charge on any atom is 0.325 e. The molecule has 0 radical (unpaired) electrons. The summed E-state index contributed by atoms with van der Waals surface area (Å²) in [6.07, 6.45) is 4.48. The van der Waals surface area contributed by atoms with Gasteiger partial charge in [0.05, 0.1) is 7.11 Å². The molecule has 1 unspecified atom stereocenters. The number of hydrogen-bond acceptors (Lipinski definition) is 4. The summed E-state index contributed by atoms with van der Waals surface area (Å²) < 4.78 is 6.85. The molecular weight excluding hydrogens is 350 g/mol. The highest BCUT2D eigenvalue weighted by Crippen LogP contribution is 2.25. The molecule has 0 saturated carbocycles. The number of methoxy groups -OCH3 is 1. The number of anilines is 1. The fourth-order valence-electron chi connectivity index (χ4n) is 4.11. The topological polar surface area (TPSA) is 46.5 Å². The van der Waals surface area contributed by atoms with Gasteiger partial charge in [-0.15, -0.1) is 0 Å². The molecule has 1 saturated heterocycles. The molecular formula is C23H27N3O2. The van der Waals surface area contributed by atoms with Crippen molar-refractivity contribution in [1.29, 1.82) is 0 Å². The van der Waals surface area contributed by atoms with Crippen molar-refractivity contribution in [3.8, 4) is 0 Å². The lowest BCUT2D eigenvalue weighted by Gasteiger charge is -2.33. The van der Waals surface area contributed by atoms with Crippen LogP contribution in [0.3, 0.4) is 0 Å². The second-order valence-electron chi connectivity index (χ2n) is 7.46. The third kappa shape index (κ3) is 4.20. The predicted octanol–water partition coefficient (Wildman–Crippen LogP) is 3.89. The van der Waals surface area contributed by atoms with Gasteiger partial charge in [-0.3, -0.25) is 9.69 Å². The van der Waals surface area contributed by atoms with E-state index in [4.69, 9.17) is 4.74 Å². The number of ether oxygens (including phenoxy) is 1. The van der Waals surface area contributed by atoms with Crippen LogP contribution in [-0.4, -0.2) is 41.7 Å². The minimum absolute atomic E-state index is 0.225. The Balaban J connectivity index is 1.49. The molecule has 146 valence electrons. The molecule has 5 nitrogen and oxygen atoms in total. The van der Waals surface area contributed by atoms with E-state index in [1.165, 1.54) is 36.6 Å². The quantitative estimate of drug-likeness (QED) is 0.662. The third-order valence-electron chi connectivity index (χ3n) is 5.44. The Kier molecular flexibility index (Phi) is 5.63. The van der Waals surface area contributed by atoms with Crippen molar-refractivity contribution in [3.05, 3.63) is 66.4 Å².